The molecule has 1 aliphatic rings. The van der Waals surface area contributed by atoms with Crippen molar-refractivity contribution in [2.45, 2.75) is 52.1 Å². The van der Waals surface area contributed by atoms with Gasteiger partial charge in [0.15, 0.2) is 0 Å². The molecule has 0 amide bonds. The van der Waals surface area contributed by atoms with E-state index in [0.29, 0.717) is 19.0 Å². The fourth-order valence-corrected chi connectivity index (χ4v) is 3.42. The van der Waals surface area contributed by atoms with Crippen molar-refractivity contribution < 1.29 is 0 Å². The minimum atomic E-state index is -0.0656. The molecular weight excluding hydrogens is 342 g/mol. The Labute approximate surface area is 159 Å². The van der Waals surface area contributed by atoms with Gasteiger partial charge >= 0.3 is 0 Å². The number of nitrogens with zero attached hydrogens (tertiary/aromatic N) is 5. The Kier molecular flexibility index (Phi) is 5.89. The molecule has 0 aliphatic carbocycles. The van der Waals surface area contributed by atoms with Crippen molar-refractivity contribution >= 4 is 0 Å². The molecule has 2 aromatic rings. The molecule has 0 radical (unpaired) electrons. The average Bonchev–Trinajstić information content (AvgIpc) is 2.63. The highest BCUT2D eigenvalue weighted by Gasteiger charge is 2.22. The van der Waals surface area contributed by atoms with Crippen molar-refractivity contribution in [3.8, 4) is 0 Å². The molecule has 7 nitrogen and oxygen atoms in total. The summed E-state index contributed by atoms with van der Waals surface area (Å²) in [5.74, 6) is 0.463. The van der Waals surface area contributed by atoms with Gasteiger partial charge in [0.25, 0.3) is 11.1 Å². The summed E-state index contributed by atoms with van der Waals surface area (Å²) in [6.07, 6.45) is 6.81. The summed E-state index contributed by atoms with van der Waals surface area (Å²) < 4.78 is 3.33. The van der Waals surface area contributed by atoms with Crippen LogP contribution in [0.1, 0.15) is 39.3 Å². The average molecular weight is 371 g/mol. The highest BCUT2D eigenvalue weighted by molar-refractivity contribution is 5.10. The lowest BCUT2D eigenvalue weighted by atomic mass is 9.92. The molecule has 1 aliphatic heterocycles. The Balaban J connectivity index is 1.53. The van der Waals surface area contributed by atoms with E-state index in [1.165, 1.54) is 6.20 Å². The minimum absolute atomic E-state index is 0.0255. The number of rotatable bonds is 5. The molecule has 0 unspecified atom stereocenters. The highest BCUT2D eigenvalue weighted by Crippen LogP contribution is 2.20. The Bertz CT molecular complexity index is 873. The number of hydrogen-bond acceptors (Lipinski definition) is 5. The highest BCUT2D eigenvalue weighted by atomic mass is 16.1. The Morgan fingerprint density at radius 2 is 1.81 bits per heavy atom. The molecule has 0 atom stereocenters. The lowest BCUT2D eigenvalue weighted by Gasteiger charge is -2.32. The van der Waals surface area contributed by atoms with Crippen LogP contribution in [0.5, 0.6) is 0 Å². The summed E-state index contributed by atoms with van der Waals surface area (Å²) in [5, 5.41) is 4.59. The topological polar surface area (TPSA) is 73.0 Å². The summed E-state index contributed by atoms with van der Waals surface area (Å²) in [5.41, 5.74) is 0.797. The Hall–Kier alpha value is -2.28. The van der Waals surface area contributed by atoms with Crippen LogP contribution in [0.15, 0.2) is 40.3 Å². The summed E-state index contributed by atoms with van der Waals surface area (Å²) in [7, 11) is 0. The predicted octanol–water partition coefficient (Wildman–Crippen LogP) is 1.51. The van der Waals surface area contributed by atoms with E-state index in [2.05, 4.69) is 35.8 Å². The van der Waals surface area contributed by atoms with E-state index < -0.39 is 0 Å². The maximum Gasteiger partial charge on any atom is 0.269 e. The van der Waals surface area contributed by atoms with Gasteiger partial charge < -0.3 is 9.47 Å². The summed E-state index contributed by atoms with van der Waals surface area (Å²) in [4.78, 5) is 30.1. The van der Waals surface area contributed by atoms with Gasteiger partial charge in [-0.1, -0.05) is 20.8 Å². The maximum absolute atomic E-state index is 12.2. The molecule has 0 spiro atoms. The molecule has 3 heterocycles. The van der Waals surface area contributed by atoms with E-state index in [1.807, 2.05) is 6.07 Å². The van der Waals surface area contributed by atoms with Crippen LogP contribution in [0.25, 0.3) is 0 Å². The van der Waals surface area contributed by atoms with Crippen LogP contribution in [0, 0.1) is 5.92 Å². The number of aromatic nitrogens is 4. The third-order valence-corrected chi connectivity index (χ3v) is 5.23. The second kappa shape index (κ2) is 8.17. The van der Waals surface area contributed by atoms with Crippen LogP contribution in [0.4, 0.5) is 0 Å². The van der Waals surface area contributed by atoms with Crippen molar-refractivity contribution in [1.29, 1.82) is 0 Å². The third kappa shape index (κ3) is 5.13. The van der Waals surface area contributed by atoms with E-state index in [0.717, 1.165) is 38.2 Å². The minimum Gasteiger partial charge on any atom is -0.311 e. The first-order valence-electron chi connectivity index (χ1n) is 9.64. The van der Waals surface area contributed by atoms with Gasteiger partial charge in [-0.3, -0.25) is 14.6 Å². The molecule has 2 aromatic heterocycles. The van der Waals surface area contributed by atoms with E-state index in [9.17, 15) is 9.59 Å². The number of hydrogen-bond donors (Lipinski definition) is 0. The zero-order valence-corrected chi connectivity index (χ0v) is 16.5. The molecule has 1 fully saturated rings. The normalized spacial score (nSPS) is 16.6. The van der Waals surface area contributed by atoms with E-state index >= 15 is 0 Å². The monoisotopic (exact) mass is 371 g/mol. The lowest BCUT2D eigenvalue weighted by Crippen LogP contribution is -2.39. The zero-order valence-electron chi connectivity index (χ0n) is 16.5. The second-order valence-corrected chi connectivity index (χ2v) is 8.38. The first kappa shape index (κ1) is 19.5. The van der Waals surface area contributed by atoms with Gasteiger partial charge in [0.1, 0.15) is 0 Å². The summed E-state index contributed by atoms with van der Waals surface area (Å²) in [6.45, 7) is 10.5. The van der Waals surface area contributed by atoms with Gasteiger partial charge in [-0.2, -0.15) is 5.10 Å². The molecule has 0 aromatic carbocycles. The van der Waals surface area contributed by atoms with Crippen molar-refractivity contribution in [2.24, 2.45) is 5.92 Å². The summed E-state index contributed by atoms with van der Waals surface area (Å²) in [6, 6.07) is 3.47. The smallest absolute Gasteiger partial charge is 0.269 e. The van der Waals surface area contributed by atoms with E-state index in [4.69, 9.17) is 0 Å². The van der Waals surface area contributed by atoms with Crippen molar-refractivity contribution in [3.63, 3.8) is 0 Å². The van der Waals surface area contributed by atoms with Crippen LogP contribution in [0.2, 0.25) is 0 Å². The standard InChI is InChI=1S/C20H29N5O2/c1-20(2,3)17-4-5-18(26)25(22-17)15-16-6-9-23(10-7-16)12-13-24-11-8-21-14-19(24)27/h4-5,8,11,14,16H,6-7,9-10,12-13,15H2,1-3H3. The molecule has 7 heteroatoms. The largest absolute Gasteiger partial charge is 0.311 e. The molecule has 27 heavy (non-hydrogen) atoms. The van der Waals surface area contributed by atoms with Gasteiger partial charge in [-0.05, 0) is 37.9 Å². The van der Waals surface area contributed by atoms with Gasteiger partial charge in [-0.25, -0.2) is 4.68 Å². The van der Waals surface area contributed by atoms with Crippen LogP contribution >= 0.6 is 0 Å². The van der Waals surface area contributed by atoms with Crippen LogP contribution in [0.3, 0.4) is 0 Å². The van der Waals surface area contributed by atoms with Gasteiger partial charge in [-0.15, -0.1) is 0 Å². The fraction of sp³-hybridized carbons (Fsp3) is 0.600. The number of piperidine rings is 1. The molecule has 1 saturated heterocycles. The van der Waals surface area contributed by atoms with Crippen molar-refractivity contribution in [3.05, 3.63) is 57.1 Å². The first-order valence-corrected chi connectivity index (χ1v) is 9.64. The van der Waals surface area contributed by atoms with Crippen LogP contribution in [-0.2, 0) is 18.5 Å². The van der Waals surface area contributed by atoms with Crippen LogP contribution < -0.4 is 11.1 Å². The molecule has 0 bridgehead atoms. The molecule has 0 N–H and O–H groups in total. The number of likely N-dealkylation sites (tertiary alicyclic amines) is 1. The lowest BCUT2D eigenvalue weighted by molar-refractivity contribution is 0.164. The second-order valence-electron chi connectivity index (χ2n) is 8.38. The van der Waals surface area contributed by atoms with Gasteiger partial charge in [0.05, 0.1) is 11.9 Å². The van der Waals surface area contributed by atoms with Crippen LogP contribution in [-0.4, -0.2) is 43.9 Å². The SMILES string of the molecule is CC(C)(C)c1ccc(=O)n(CC2CCN(CCn3ccncc3=O)CC2)n1. The maximum atomic E-state index is 12.2. The van der Waals surface area contributed by atoms with Gasteiger partial charge in [0, 0.05) is 43.5 Å². The molecular formula is C20H29N5O2. The molecule has 0 saturated carbocycles. The molecule has 3 rings (SSSR count). The zero-order chi connectivity index (χ0) is 19.4. The predicted molar refractivity (Wildman–Crippen MR) is 105 cm³/mol. The summed E-state index contributed by atoms with van der Waals surface area (Å²) >= 11 is 0. The van der Waals surface area contributed by atoms with Crippen molar-refractivity contribution in [2.75, 3.05) is 19.6 Å². The fourth-order valence-electron chi connectivity index (χ4n) is 3.42. The third-order valence-electron chi connectivity index (χ3n) is 5.23. The Morgan fingerprint density at radius 3 is 2.48 bits per heavy atom. The van der Waals surface area contributed by atoms with Gasteiger partial charge in [0.2, 0.25) is 0 Å². The Morgan fingerprint density at radius 1 is 1.07 bits per heavy atom. The van der Waals surface area contributed by atoms with E-state index in [-0.39, 0.29) is 16.5 Å². The van der Waals surface area contributed by atoms with E-state index in [1.54, 1.807) is 27.7 Å². The quantitative estimate of drug-likeness (QED) is 0.797. The molecule has 146 valence electrons. The van der Waals surface area contributed by atoms with Crippen molar-refractivity contribution in [1.82, 2.24) is 24.2 Å². The first-order chi connectivity index (χ1) is 12.8.